The highest BCUT2D eigenvalue weighted by Crippen LogP contribution is 2.19. The van der Waals surface area contributed by atoms with E-state index in [2.05, 4.69) is 10.3 Å². The van der Waals surface area contributed by atoms with E-state index in [0.717, 1.165) is 11.3 Å². The minimum Gasteiger partial charge on any atom is -0.466 e. The second kappa shape index (κ2) is 5.44. The predicted molar refractivity (Wildman–Crippen MR) is 66.4 cm³/mol. The smallest absolute Gasteiger partial charge is 0.313 e. The van der Waals surface area contributed by atoms with Crippen molar-refractivity contribution >= 4 is 5.97 Å². The molecular weight excluding hydrogens is 230 g/mol. The molecule has 0 amide bonds. The van der Waals surface area contributed by atoms with Gasteiger partial charge >= 0.3 is 5.97 Å². The fraction of sp³-hybridized carbons (Fsp3) is 0.308. The summed E-state index contributed by atoms with van der Waals surface area (Å²) in [7, 11) is 0. The van der Waals surface area contributed by atoms with Gasteiger partial charge in [-0.25, -0.2) is 4.68 Å². The van der Waals surface area contributed by atoms with E-state index in [4.69, 9.17) is 4.74 Å². The maximum atomic E-state index is 11.7. The van der Waals surface area contributed by atoms with Crippen LogP contribution < -0.4 is 0 Å². The van der Waals surface area contributed by atoms with Gasteiger partial charge < -0.3 is 4.74 Å². The lowest BCUT2D eigenvalue weighted by atomic mass is 10.0. The van der Waals surface area contributed by atoms with Crippen molar-refractivity contribution in [2.24, 2.45) is 0 Å². The van der Waals surface area contributed by atoms with Crippen molar-refractivity contribution in [1.82, 2.24) is 15.0 Å². The number of hydrogen-bond acceptors (Lipinski definition) is 4. The topological polar surface area (TPSA) is 57.0 Å². The van der Waals surface area contributed by atoms with Gasteiger partial charge in [0.25, 0.3) is 0 Å². The first-order valence-electron chi connectivity index (χ1n) is 5.85. The maximum absolute atomic E-state index is 11.7. The molecule has 0 aliphatic rings. The first kappa shape index (κ1) is 12.3. The van der Waals surface area contributed by atoms with Crippen LogP contribution >= 0.6 is 0 Å². The van der Waals surface area contributed by atoms with Crippen molar-refractivity contribution in [2.75, 3.05) is 6.61 Å². The van der Waals surface area contributed by atoms with Crippen LogP contribution in [0.4, 0.5) is 0 Å². The molecule has 5 heteroatoms. The Labute approximate surface area is 105 Å². The van der Waals surface area contributed by atoms with Gasteiger partial charge in [0, 0.05) is 0 Å². The molecule has 0 aliphatic carbocycles. The maximum Gasteiger partial charge on any atom is 0.313 e. The lowest BCUT2D eigenvalue weighted by Crippen LogP contribution is -2.13. The molecule has 94 valence electrons. The fourth-order valence-corrected chi connectivity index (χ4v) is 1.69. The minimum atomic E-state index is -0.284. The number of carbonyl (C=O) groups is 1. The van der Waals surface area contributed by atoms with E-state index in [0.29, 0.717) is 6.61 Å². The van der Waals surface area contributed by atoms with Gasteiger partial charge in [-0.15, -0.1) is 5.10 Å². The molecular formula is C13H15N3O2. The molecule has 0 saturated heterocycles. The summed E-state index contributed by atoms with van der Waals surface area (Å²) < 4.78 is 6.67. The highest BCUT2D eigenvalue weighted by atomic mass is 16.5. The average Bonchev–Trinajstić information content (AvgIpc) is 2.92. The van der Waals surface area contributed by atoms with E-state index in [-0.39, 0.29) is 11.9 Å². The highest BCUT2D eigenvalue weighted by molar-refractivity contribution is 5.77. The first-order chi connectivity index (χ1) is 8.72. The van der Waals surface area contributed by atoms with Crippen molar-refractivity contribution in [2.45, 2.75) is 19.8 Å². The van der Waals surface area contributed by atoms with Crippen molar-refractivity contribution < 1.29 is 9.53 Å². The average molecular weight is 245 g/mol. The van der Waals surface area contributed by atoms with Crippen LogP contribution in [0.1, 0.15) is 25.3 Å². The Hall–Kier alpha value is -2.17. The Morgan fingerprint density at radius 2 is 2.33 bits per heavy atom. The molecule has 0 saturated carbocycles. The van der Waals surface area contributed by atoms with Crippen LogP contribution in [-0.4, -0.2) is 27.6 Å². The summed E-state index contributed by atoms with van der Waals surface area (Å²) in [4.78, 5) is 11.7. The van der Waals surface area contributed by atoms with Gasteiger partial charge in [0.05, 0.1) is 30.6 Å². The lowest BCUT2D eigenvalue weighted by Gasteiger charge is -2.11. The van der Waals surface area contributed by atoms with Crippen LogP contribution in [-0.2, 0) is 9.53 Å². The Morgan fingerprint density at radius 3 is 3.00 bits per heavy atom. The van der Waals surface area contributed by atoms with Crippen LogP contribution in [0.15, 0.2) is 36.7 Å². The molecule has 18 heavy (non-hydrogen) atoms. The largest absolute Gasteiger partial charge is 0.466 e. The number of esters is 1. The van der Waals surface area contributed by atoms with Crippen LogP contribution in [0.25, 0.3) is 5.69 Å². The van der Waals surface area contributed by atoms with E-state index < -0.39 is 0 Å². The number of benzene rings is 1. The molecule has 2 rings (SSSR count). The molecule has 2 aromatic rings. The molecule has 0 bridgehead atoms. The highest BCUT2D eigenvalue weighted by Gasteiger charge is 2.16. The summed E-state index contributed by atoms with van der Waals surface area (Å²) in [6.07, 6.45) is 3.37. The quantitative estimate of drug-likeness (QED) is 0.772. The molecule has 1 aromatic carbocycles. The van der Waals surface area contributed by atoms with Crippen LogP contribution in [0.3, 0.4) is 0 Å². The number of aromatic nitrogens is 3. The SMILES string of the molecule is CCOC(=O)C(C)c1cccc(-n2ccnn2)c1. The second-order valence-corrected chi connectivity index (χ2v) is 3.92. The molecule has 1 unspecified atom stereocenters. The normalized spacial score (nSPS) is 12.1. The number of hydrogen-bond donors (Lipinski definition) is 0. The van der Waals surface area contributed by atoms with Gasteiger partial charge in [0.2, 0.25) is 0 Å². The predicted octanol–water partition coefficient (Wildman–Crippen LogP) is 1.93. The number of nitrogens with zero attached hydrogens (tertiary/aromatic N) is 3. The van der Waals surface area contributed by atoms with Gasteiger partial charge in [-0.2, -0.15) is 0 Å². The Balaban J connectivity index is 2.25. The summed E-state index contributed by atoms with van der Waals surface area (Å²) >= 11 is 0. The molecule has 1 heterocycles. The monoisotopic (exact) mass is 245 g/mol. The molecule has 0 spiro atoms. The third kappa shape index (κ3) is 2.56. The molecule has 0 fully saturated rings. The van der Waals surface area contributed by atoms with E-state index in [1.165, 1.54) is 0 Å². The van der Waals surface area contributed by atoms with Crippen molar-refractivity contribution in [3.63, 3.8) is 0 Å². The molecule has 0 N–H and O–H groups in total. The van der Waals surface area contributed by atoms with Gasteiger partial charge in [-0.1, -0.05) is 17.3 Å². The molecule has 5 nitrogen and oxygen atoms in total. The van der Waals surface area contributed by atoms with E-state index in [9.17, 15) is 4.79 Å². The van der Waals surface area contributed by atoms with E-state index >= 15 is 0 Å². The molecule has 1 atom stereocenters. The second-order valence-electron chi connectivity index (χ2n) is 3.92. The molecule has 1 aromatic heterocycles. The van der Waals surface area contributed by atoms with E-state index in [1.54, 1.807) is 24.0 Å². The van der Waals surface area contributed by atoms with E-state index in [1.807, 2.05) is 31.2 Å². The molecule has 0 radical (unpaired) electrons. The third-order valence-corrected chi connectivity index (χ3v) is 2.70. The Morgan fingerprint density at radius 1 is 1.50 bits per heavy atom. The van der Waals surface area contributed by atoms with Crippen molar-refractivity contribution in [3.05, 3.63) is 42.2 Å². The number of carbonyl (C=O) groups excluding carboxylic acids is 1. The summed E-state index contributed by atoms with van der Waals surface area (Å²) in [5.41, 5.74) is 1.78. The van der Waals surface area contributed by atoms with Gasteiger partial charge in [0.1, 0.15) is 0 Å². The summed E-state index contributed by atoms with van der Waals surface area (Å²) in [5.74, 6) is -0.498. The Kier molecular flexibility index (Phi) is 3.72. The Bertz CT molecular complexity index is 523. The summed E-state index contributed by atoms with van der Waals surface area (Å²) in [5, 5.41) is 7.68. The minimum absolute atomic E-state index is 0.215. The standard InChI is InChI=1S/C13H15N3O2/c1-3-18-13(17)10(2)11-5-4-6-12(9-11)16-8-7-14-15-16/h4-10H,3H2,1-2H3. The summed E-state index contributed by atoms with van der Waals surface area (Å²) in [6.45, 7) is 4.03. The number of ether oxygens (including phenoxy) is 1. The van der Waals surface area contributed by atoms with Crippen LogP contribution in [0.2, 0.25) is 0 Å². The zero-order chi connectivity index (χ0) is 13.0. The van der Waals surface area contributed by atoms with Gasteiger partial charge in [-0.3, -0.25) is 4.79 Å². The number of rotatable bonds is 4. The van der Waals surface area contributed by atoms with Crippen molar-refractivity contribution in [1.29, 1.82) is 0 Å². The van der Waals surface area contributed by atoms with Crippen LogP contribution in [0.5, 0.6) is 0 Å². The molecule has 0 aliphatic heterocycles. The van der Waals surface area contributed by atoms with Gasteiger partial charge in [-0.05, 0) is 31.5 Å². The first-order valence-corrected chi connectivity index (χ1v) is 5.85. The fourth-order valence-electron chi connectivity index (χ4n) is 1.69. The summed E-state index contributed by atoms with van der Waals surface area (Å²) in [6, 6.07) is 7.62. The lowest BCUT2D eigenvalue weighted by molar-refractivity contribution is -0.144. The third-order valence-electron chi connectivity index (χ3n) is 2.70. The van der Waals surface area contributed by atoms with Crippen molar-refractivity contribution in [3.8, 4) is 5.69 Å². The zero-order valence-electron chi connectivity index (χ0n) is 10.4. The van der Waals surface area contributed by atoms with Crippen LogP contribution in [0, 0.1) is 0 Å². The zero-order valence-corrected chi connectivity index (χ0v) is 10.4. The van der Waals surface area contributed by atoms with Gasteiger partial charge in [0.15, 0.2) is 0 Å².